The first-order chi connectivity index (χ1) is 4.26. The van der Waals surface area contributed by atoms with E-state index in [9.17, 15) is 0 Å². The normalized spacial score (nSPS) is 14.3. The van der Waals surface area contributed by atoms with Crippen LogP contribution in [0.4, 0.5) is 0 Å². The Morgan fingerprint density at radius 1 is 1.44 bits per heavy atom. The van der Waals surface area contributed by atoms with Gasteiger partial charge in [-0.15, -0.1) is 0 Å². The van der Waals surface area contributed by atoms with Gasteiger partial charge in [-0.25, -0.2) is 4.67 Å². The standard InChI is InChI=1S/C5H13ClNOP/c1-4-7(5-2)9(6)8-3/h4-5H2,1-3H3. The molecule has 0 aliphatic rings. The third-order valence-corrected chi connectivity index (χ3v) is 3.47. The van der Waals surface area contributed by atoms with Crippen LogP contribution in [0.15, 0.2) is 0 Å². The molecular weight excluding hydrogens is 156 g/mol. The summed E-state index contributed by atoms with van der Waals surface area (Å²) in [4.78, 5) is 0. The van der Waals surface area contributed by atoms with E-state index in [4.69, 9.17) is 15.8 Å². The van der Waals surface area contributed by atoms with E-state index in [-0.39, 0.29) is 0 Å². The average Bonchev–Trinajstić information content (AvgIpc) is 1.90. The van der Waals surface area contributed by atoms with Crippen molar-refractivity contribution >= 4 is 18.9 Å². The lowest BCUT2D eigenvalue weighted by atomic mass is 10.7. The van der Waals surface area contributed by atoms with E-state index in [1.165, 1.54) is 0 Å². The van der Waals surface area contributed by atoms with Gasteiger partial charge in [-0.3, -0.25) is 0 Å². The minimum Gasteiger partial charge on any atom is -0.335 e. The van der Waals surface area contributed by atoms with Crippen LogP contribution < -0.4 is 0 Å². The predicted molar refractivity (Wildman–Crippen MR) is 42.7 cm³/mol. The summed E-state index contributed by atoms with van der Waals surface area (Å²) in [6.07, 6.45) is 0. The first-order valence-electron chi connectivity index (χ1n) is 3.01. The highest BCUT2D eigenvalue weighted by molar-refractivity contribution is 7.78. The summed E-state index contributed by atoms with van der Waals surface area (Å²) in [6.45, 7) is 6.06. The van der Waals surface area contributed by atoms with Crippen molar-refractivity contribution in [1.82, 2.24) is 4.67 Å². The van der Waals surface area contributed by atoms with Crippen LogP contribution in [0.25, 0.3) is 0 Å². The molecule has 9 heavy (non-hydrogen) atoms. The summed E-state index contributed by atoms with van der Waals surface area (Å²) < 4.78 is 7.03. The average molecular weight is 170 g/mol. The maximum Gasteiger partial charge on any atom is 0.206 e. The maximum absolute atomic E-state index is 5.80. The lowest BCUT2D eigenvalue weighted by Gasteiger charge is -2.20. The molecule has 0 amide bonds. The molecule has 1 unspecified atom stereocenters. The van der Waals surface area contributed by atoms with Crippen LogP contribution in [-0.4, -0.2) is 24.9 Å². The van der Waals surface area contributed by atoms with Gasteiger partial charge in [-0.05, 0) is 11.2 Å². The minimum atomic E-state index is -0.836. The molecule has 0 aliphatic carbocycles. The minimum absolute atomic E-state index is 0.836. The van der Waals surface area contributed by atoms with E-state index in [0.29, 0.717) is 0 Å². The predicted octanol–water partition coefficient (Wildman–Crippen LogP) is 2.44. The molecule has 0 saturated carbocycles. The van der Waals surface area contributed by atoms with Crippen LogP contribution in [-0.2, 0) is 4.52 Å². The summed E-state index contributed by atoms with van der Waals surface area (Å²) in [5.74, 6) is 0. The smallest absolute Gasteiger partial charge is 0.206 e. The summed E-state index contributed by atoms with van der Waals surface area (Å²) in [7, 11) is 0.800. The SMILES string of the molecule is CCN(CC)P(Cl)OC. The number of rotatable bonds is 4. The number of nitrogens with zero attached hydrogens (tertiary/aromatic N) is 1. The Labute approximate surface area is 62.8 Å². The van der Waals surface area contributed by atoms with Gasteiger partial charge in [0.25, 0.3) is 0 Å². The first kappa shape index (κ1) is 9.64. The third kappa shape index (κ3) is 3.36. The van der Waals surface area contributed by atoms with Gasteiger partial charge < -0.3 is 4.52 Å². The van der Waals surface area contributed by atoms with E-state index in [1.807, 2.05) is 0 Å². The Morgan fingerprint density at radius 2 is 1.89 bits per heavy atom. The van der Waals surface area contributed by atoms with E-state index in [1.54, 1.807) is 7.11 Å². The van der Waals surface area contributed by atoms with E-state index >= 15 is 0 Å². The molecule has 0 aromatic carbocycles. The third-order valence-electron chi connectivity index (χ3n) is 1.10. The van der Waals surface area contributed by atoms with Gasteiger partial charge in [-0.1, -0.05) is 13.8 Å². The quantitative estimate of drug-likeness (QED) is 0.600. The van der Waals surface area contributed by atoms with Gasteiger partial charge in [0.05, 0.1) is 0 Å². The summed E-state index contributed by atoms with van der Waals surface area (Å²) in [6, 6.07) is 0. The van der Waals surface area contributed by atoms with Crippen molar-refractivity contribution in [3.63, 3.8) is 0 Å². The summed E-state index contributed by atoms with van der Waals surface area (Å²) >= 11 is 5.80. The Kier molecular flexibility index (Phi) is 5.81. The Morgan fingerprint density at radius 3 is 2.00 bits per heavy atom. The van der Waals surface area contributed by atoms with Crippen LogP contribution in [0.5, 0.6) is 0 Å². The first-order valence-corrected chi connectivity index (χ1v) is 5.12. The van der Waals surface area contributed by atoms with Gasteiger partial charge in [0, 0.05) is 20.2 Å². The molecule has 0 radical (unpaired) electrons. The van der Waals surface area contributed by atoms with Gasteiger partial charge in [0.15, 0.2) is 0 Å². The molecule has 2 nitrogen and oxygen atoms in total. The molecule has 0 spiro atoms. The van der Waals surface area contributed by atoms with Crippen molar-refractivity contribution in [3.8, 4) is 0 Å². The highest BCUT2D eigenvalue weighted by Gasteiger charge is 2.10. The largest absolute Gasteiger partial charge is 0.335 e. The van der Waals surface area contributed by atoms with E-state index in [0.717, 1.165) is 13.1 Å². The zero-order chi connectivity index (χ0) is 7.28. The van der Waals surface area contributed by atoms with Crippen LogP contribution in [0.1, 0.15) is 13.8 Å². The van der Waals surface area contributed by atoms with Crippen molar-refractivity contribution in [1.29, 1.82) is 0 Å². The molecule has 0 saturated heterocycles. The Hall–Kier alpha value is 0.640. The molecule has 0 aromatic rings. The summed E-state index contributed by atoms with van der Waals surface area (Å²) in [5.41, 5.74) is 0. The molecule has 0 N–H and O–H groups in total. The fraction of sp³-hybridized carbons (Fsp3) is 1.00. The van der Waals surface area contributed by atoms with E-state index < -0.39 is 7.65 Å². The second-order valence-electron chi connectivity index (χ2n) is 1.55. The summed E-state index contributed by atoms with van der Waals surface area (Å²) in [5, 5.41) is 0. The van der Waals surface area contributed by atoms with Crippen molar-refractivity contribution in [2.24, 2.45) is 0 Å². The monoisotopic (exact) mass is 169 g/mol. The van der Waals surface area contributed by atoms with Gasteiger partial charge in [0.1, 0.15) is 0 Å². The molecule has 0 aromatic heterocycles. The van der Waals surface area contributed by atoms with Crippen molar-refractivity contribution in [2.45, 2.75) is 13.8 Å². The van der Waals surface area contributed by atoms with Crippen molar-refractivity contribution in [3.05, 3.63) is 0 Å². The molecule has 4 heteroatoms. The van der Waals surface area contributed by atoms with Gasteiger partial charge in [0.2, 0.25) is 7.65 Å². The molecule has 0 aliphatic heterocycles. The highest BCUT2D eigenvalue weighted by atomic mass is 35.7. The fourth-order valence-electron chi connectivity index (χ4n) is 0.561. The highest BCUT2D eigenvalue weighted by Crippen LogP contribution is 2.44. The number of halogens is 1. The molecule has 1 atom stereocenters. The van der Waals surface area contributed by atoms with Crippen LogP contribution in [0.2, 0.25) is 0 Å². The van der Waals surface area contributed by atoms with Gasteiger partial charge in [-0.2, -0.15) is 0 Å². The fourth-order valence-corrected chi connectivity index (χ4v) is 1.88. The number of hydrogen-bond acceptors (Lipinski definition) is 2. The molecule has 0 rings (SSSR count). The lowest BCUT2D eigenvalue weighted by molar-refractivity contribution is 0.394. The molecular formula is C5H13ClNOP. The molecule has 56 valence electrons. The molecule has 0 heterocycles. The van der Waals surface area contributed by atoms with Crippen LogP contribution in [0, 0.1) is 0 Å². The number of hydrogen-bond donors (Lipinski definition) is 0. The van der Waals surface area contributed by atoms with Crippen LogP contribution in [0.3, 0.4) is 0 Å². The van der Waals surface area contributed by atoms with Gasteiger partial charge >= 0.3 is 0 Å². The molecule has 0 bridgehead atoms. The topological polar surface area (TPSA) is 12.5 Å². The molecule has 0 fully saturated rings. The van der Waals surface area contributed by atoms with Crippen molar-refractivity contribution < 1.29 is 4.52 Å². The lowest BCUT2D eigenvalue weighted by Crippen LogP contribution is -2.14. The Bertz CT molecular complexity index is 70.0. The second-order valence-corrected chi connectivity index (χ2v) is 3.80. The maximum atomic E-state index is 5.80. The van der Waals surface area contributed by atoms with Crippen LogP contribution >= 0.6 is 18.9 Å². The zero-order valence-corrected chi connectivity index (χ0v) is 7.75. The second kappa shape index (κ2) is 5.43. The Balaban J connectivity index is 3.50. The van der Waals surface area contributed by atoms with Crippen molar-refractivity contribution in [2.75, 3.05) is 20.2 Å². The van der Waals surface area contributed by atoms with E-state index in [2.05, 4.69) is 18.5 Å². The zero-order valence-electron chi connectivity index (χ0n) is 6.09.